The molecular weight excluding hydrogens is 337 g/mol. The Morgan fingerprint density at radius 2 is 1.78 bits per heavy atom. The average Bonchev–Trinajstić information content (AvgIpc) is 2.24. The SMILES string of the molecule is CS(=O)(=O)c1ccc(OCC(Br)C(F)(F)F)cc1. The van der Waals surface area contributed by atoms with E-state index in [4.69, 9.17) is 4.74 Å². The monoisotopic (exact) mass is 346 g/mol. The van der Waals surface area contributed by atoms with Crippen LogP contribution in [-0.4, -0.2) is 32.3 Å². The van der Waals surface area contributed by atoms with Crippen LogP contribution in [0.2, 0.25) is 0 Å². The Balaban J connectivity index is 2.66. The third-order valence-corrected chi connectivity index (χ3v) is 3.92. The highest BCUT2D eigenvalue weighted by molar-refractivity contribution is 9.09. The maximum absolute atomic E-state index is 12.2. The van der Waals surface area contributed by atoms with Crippen LogP contribution in [0.4, 0.5) is 13.2 Å². The van der Waals surface area contributed by atoms with Crippen LogP contribution in [0, 0.1) is 0 Å². The normalized spacial score (nSPS) is 14.3. The fourth-order valence-electron chi connectivity index (χ4n) is 1.05. The standard InChI is InChI=1S/C10H10BrF3O3S/c1-18(15,16)8-4-2-7(3-5-8)17-6-9(11)10(12,13)14/h2-5,9H,6H2,1H3. The molecule has 1 rings (SSSR count). The van der Waals surface area contributed by atoms with Gasteiger partial charge in [-0.2, -0.15) is 13.2 Å². The molecule has 0 N–H and O–H groups in total. The lowest BCUT2D eigenvalue weighted by atomic mass is 10.3. The number of hydrogen-bond acceptors (Lipinski definition) is 3. The van der Waals surface area contributed by atoms with Crippen molar-refractivity contribution >= 4 is 25.8 Å². The number of alkyl halides is 4. The van der Waals surface area contributed by atoms with E-state index in [0.717, 1.165) is 6.26 Å². The van der Waals surface area contributed by atoms with Crippen LogP contribution in [0.15, 0.2) is 29.2 Å². The van der Waals surface area contributed by atoms with Crippen LogP contribution in [0.5, 0.6) is 5.75 Å². The van der Waals surface area contributed by atoms with Gasteiger partial charge in [-0.15, -0.1) is 0 Å². The van der Waals surface area contributed by atoms with Crippen LogP contribution in [-0.2, 0) is 9.84 Å². The third-order valence-electron chi connectivity index (χ3n) is 2.00. The molecule has 1 atom stereocenters. The van der Waals surface area contributed by atoms with Gasteiger partial charge in [-0.25, -0.2) is 8.42 Å². The highest BCUT2D eigenvalue weighted by Gasteiger charge is 2.38. The Kier molecular flexibility index (Phi) is 4.66. The predicted molar refractivity (Wildman–Crippen MR) is 63.8 cm³/mol. The van der Waals surface area contributed by atoms with Crippen molar-refractivity contribution in [1.29, 1.82) is 0 Å². The van der Waals surface area contributed by atoms with Gasteiger partial charge in [0.2, 0.25) is 0 Å². The molecule has 18 heavy (non-hydrogen) atoms. The highest BCUT2D eigenvalue weighted by atomic mass is 79.9. The first-order valence-electron chi connectivity index (χ1n) is 4.74. The Labute approximate surface area is 111 Å². The van der Waals surface area contributed by atoms with Crippen LogP contribution in [0.3, 0.4) is 0 Å². The summed E-state index contributed by atoms with van der Waals surface area (Å²) in [5.41, 5.74) is 0. The average molecular weight is 347 g/mol. The molecule has 0 saturated carbocycles. The first kappa shape index (κ1) is 15.3. The molecule has 0 aliphatic heterocycles. The van der Waals surface area contributed by atoms with Gasteiger partial charge in [0.25, 0.3) is 0 Å². The van der Waals surface area contributed by atoms with Crippen molar-refractivity contribution in [1.82, 2.24) is 0 Å². The van der Waals surface area contributed by atoms with E-state index >= 15 is 0 Å². The van der Waals surface area contributed by atoms with Crippen LogP contribution in [0.25, 0.3) is 0 Å². The van der Waals surface area contributed by atoms with Crippen molar-refractivity contribution in [3.05, 3.63) is 24.3 Å². The fraction of sp³-hybridized carbons (Fsp3) is 0.400. The van der Waals surface area contributed by atoms with Gasteiger partial charge < -0.3 is 4.74 Å². The molecule has 0 spiro atoms. The summed E-state index contributed by atoms with van der Waals surface area (Å²) in [7, 11) is -3.32. The van der Waals surface area contributed by atoms with Gasteiger partial charge in [0.05, 0.1) is 4.90 Å². The van der Waals surface area contributed by atoms with Gasteiger partial charge in [0, 0.05) is 6.26 Å². The molecule has 8 heteroatoms. The minimum absolute atomic E-state index is 0.0843. The van der Waals surface area contributed by atoms with Crippen LogP contribution in [0.1, 0.15) is 0 Å². The summed E-state index contributed by atoms with van der Waals surface area (Å²) in [4.78, 5) is -1.68. The van der Waals surface area contributed by atoms with Gasteiger partial charge >= 0.3 is 6.18 Å². The number of benzene rings is 1. The molecule has 0 amide bonds. The van der Waals surface area contributed by atoms with Gasteiger partial charge in [-0.1, -0.05) is 15.9 Å². The second kappa shape index (κ2) is 5.48. The maximum atomic E-state index is 12.2. The molecule has 0 aliphatic carbocycles. The summed E-state index contributed by atoms with van der Waals surface area (Å²) in [6.45, 7) is -0.582. The first-order valence-corrected chi connectivity index (χ1v) is 7.55. The largest absolute Gasteiger partial charge is 0.492 e. The van der Waals surface area contributed by atoms with Crippen molar-refractivity contribution in [2.75, 3.05) is 12.9 Å². The van der Waals surface area contributed by atoms with E-state index in [0.29, 0.717) is 0 Å². The lowest BCUT2D eigenvalue weighted by molar-refractivity contribution is -0.132. The second-order valence-corrected chi connectivity index (χ2v) is 6.68. The zero-order chi connectivity index (χ0) is 14.0. The minimum atomic E-state index is -4.38. The zero-order valence-corrected chi connectivity index (χ0v) is 11.6. The zero-order valence-electron chi connectivity index (χ0n) is 9.24. The number of sulfone groups is 1. The molecule has 1 aromatic carbocycles. The Bertz CT molecular complexity index is 496. The topological polar surface area (TPSA) is 43.4 Å². The third kappa shape index (κ3) is 4.49. The summed E-state index contributed by atoms with van der Waals surface area (Å²) >= 11 is 2.46. The number of hydrogen-bond donors (Lipinski definition) is 0. The van der Waals surface area contributed by atoms with Gasteiger partial charge in [0.15, 0.2) is 9.84 Å². The summed E-state index contributed by atoms with van der Waals surface area (Å²) in [6, 6.07) is 5.18. The van der Waals surface area contributed by atoms with E-state index in [1.165, 1.54) is 24.3 Å². The van der Waals surface area contributed by atoms with Gasteiger partial charge in [-0.3, -0.25) is 0 Å². The Hall–Kier alpha value is -0.760. The fourth-order valence-corrected chi connectivity index (χ4v) is 1.81. The number of halogens is 4. The summed E-state index contributed by atoms with van der Waals surface area (Å²) in [5.74, 6) is 0.177. The lowest BCUT2D eigenvalue weighted by Gasteiger charge is -2.14. The first-order chi connectivity index (χ1) is 8.10. The van der Waals surface area contributed by atoms with E-state index < -0.39 is 27.4 Å². The lowest BCUT2D eigenvalue weighted by Crippen LogP contribution is -2.28. The molecule has 0 radical (unpaired) electrons. The second-order valence-electron chi connectivity index (χ2n) is 3.56. The molecule has 0 saturated heterocycles. The molecule has 0 aliphatic rings. The Morgan fingerprint density at radius 3 is 2.17 bits per heavy atom. The van der Waals surface area contributed by atoms with E-state index in [9.17, 15) is 21.6 Å². The molecule has 102 valence electrons. The number of rotatable bonds is 4. The molecule has 0 bridgehead atoms. The smallest absolute Gasteiger partial charge is 0.404 e. The van der Waals surface area contributed by atoms with E-state index in [-0.39, 0.29) is 10.6 Å². The number of ether oxygens (including phenoxy) is 1. The predicted octanol–water partition coefficient (Wildman–Crippen LogP) is 2.79. The van der Waals surface area contributed by atoms with E-state index in [2.05, 4.69) is 15.9 Å². The molecular formula is C10H10BrF3O3S. The van der Waals surface area contributed by atoms with E-state index in [1.807, 2.05) is 0 Å². The van der Waals surface area contributed by atoms with Crippen molar-refractivity contribution in [3.63, 3.8) is 0 Å². The van der Waals surface area contributed by atoms with Crippen LogP contribution >= 0.6 is 15.9 Å². The van der Waals surface area contributed by atoms with Crippen LogP contribution < -0.4 is 4.74 Å². The van der Waals surface area contributed by atoms with Crippen molar-refractivity contribution in [2.45, 2.75) is 15.9 Å². The summed E-state index contributed by atoms with van der Waals surface area (Å²) in [6.07, 6.45) is -3.34. The summed E-state index contributed by atoms with van der Waals surface area (Å²) in [5, 5.41) is 0. The molecule has 0 fully saturated rings. The minimum Gasteiger partial charge on any atom is -0.492 e. The molecule has 1 unspecified atom stereocenters. The van der Waals surface area contributed by atoms with Gasteiger partial charge in [0.1, 0.15) is 17.2 Å². The maximum Gasteiger partial charge on any atom is 0.404 e. The van der Waals surface area contributed by atoms with Crippen molar-refractivity contribution < 1.29 is 26.3 Å². The quantitative estimate of drug-likeness (QED) is 0.787. The van der Waals surface area contributed by atoms with Crippen molar-refractivity contribution in [2.24, 2.45) is 0 Å². The molecule has 0 heterocycles. The van der Waals surface area contributed by atoms with Crippen molar-refractivity contribution in [3.8, 4) is 5.75 Å². The Morgan fingerprint density at radius 1 is 1.28 bits per heavy atom. The molecule has 1 aromatic rings. The van der Waals surface area contributed by atoms with Gasteiger partial charge in [-0.05, 0) is 24.3 Å². The van der Waals surface area contributed by atoms with E-state index in [1.54, 1.807) is 0 Å². The summed E-state index contributed by atoms with van der Waals surface area (Å²) < 4.78 is 63.7. The molecule has 0 aromatic heterocycles. The molecule has 3 nitrogen and oxygen atoms in total. The highest BCUT2D eigenvalue weighted by Crippen LogP contribution is 2.27.